The number of fused-ring (bicyclic) bond motifs is 3. The van der Waals surface area contributed by atoms with E-state index in [1.165, 1.54) is 24.0 Å². The Morgan fingerprint density at radius 1 is 0.861 bits per heavy atom. The van der Waals surface area contributed by atoms with Crippen molar-refractivity contribution >= 4 is 5.91 Å². The fourth-order valence-corrected chi connectivity index (χ4v) is 7.53. The standard InChI is InChI=1S/C31H44N4O/c1-4-34(5-2)23-29(36)32-28-22-31(35-18-16-33(3)17-19-35)20-26(24-12-8-6-9-13-24)30(28)27(21-31)25-14-10-7-11-15-25/h6-15,26-28,30H,4-5,16-23H2,1-3H3,(H,32,36)/t26-,27-,28-,30?,31?/m0/s1. The molecule has 0 radical (unpaired) electrons. The van der Waals surface area contributed by atoms with Gasteiger partial charge < -0.3 is 10.2 Å². The molecule has 6 rings (SSSR count). The first-order chi connectivity index (χ1) is 17.5. The summed E-state index contributed by atoms with van der Waals surface area (Å²) in [5.41, 5.74) is 2.98. The van der Waals surface area contributed by atoms with E-state index in [9.17, 15) is 4.79 Å². The van der Waals surface area contributed by atoms with Crippen LogP contribution in [0, 0.1) is 5.92 Å². The predicted octanol–water partition coefficient (Wildman–Crippen LogP) is 4.18. The Morgan fingerprint density at radius 2 is 1.39 bits per heavy atom. The van der Waals surface area contributed by atoms with Gasteiger partial charge in [0.25, 0.3) is 0 Å². The Kier molecular flexibility index (Phi) is 7.80. The average Bonchev–Trinajstić information content (AvgIpc) is 2.92. The van der Waals surface area contributed by atoms with Crippen LogP contribution in [0.15, 0.2) is 60.7 Å². The van der Waals surface area contributed by atoms with Gasteiger partial charge in [0.2, 0.25) is 5.91 Å². The number of hydrogen-bond acceptors (Lipinski definition) is 4. The number of likely N-dealkylation sites (N-methyl/N-ethyl adjacent to an activating group) is 2. The maximum Gasteiger partial charge on any atom is 0.234 e. The highest BCUT2D eigenvalue weighted by atomic mass is 16.2. The van der Waals surface area contributed by atoms with Crippen LogP contribution in [0.1, 0.15) is 56.1 Å². The first kappa shape index (κ1) is 25.4. The van der Waals surface area contributed by atoms with Crippen LogP contribution in [0.5, 0.6) is 0 Å². The third kappa shape index (κ3) is 5.11. The third-order valence-electron chi connectivity index (χ3n) is 9.43. The van der Waals surface area contributed by atoms with Crippen LogP contribution in [0.3, 0.4) is 0 Å². The van der Waals surface area contributed by atoms with Crippen molar-refractivity contribution in [2.24, 2.45) is 5.92 Å². The lowest BCUT2D eigenvalue weighted by molar-refractivity contribution is -0.126. The zero-order valence-corrected chi connectivity index (χ0v) is 22.4. The van der Waals surface area contributed by atoms with Crippen LogP contribution in [-0.4, -0.2) is 85.0 Å². The minimum absolute atomic E-state index is 0.115. The number of carbonyl (C=O) groups excluding carboxylic acids is 1. The van der Waals surface area contributed by atoms with Crippen molar-refractivity contribution in [3.8, 4) is 0 Å². The number of carbonyl (C=O) groups is 1. The number of rotatable bonds is 8. The van der Waals surface area contributed by atoms with Crippen LogP contribution in [0.25, 0.3) is 0 Å². The monoisotopic (exact) mass is 488 g/mol. The summed E-state index contributed by atoms with van der Waals surface area (Å²) in [6.45, 7) is 11.0. The summed E-state index contributed by atoms with van der Waals surface area (Å²) in [5.74, 6) is 1.47. The SMILES string of the molecule is CCN(CC)CC(=O)N[C@H]1CC2(N3CCN(C)CC3)C[C@@H](c3ccccc3)C1[C@H](c1ccccc1)C2. The van der Waals surface area contributed by atoms with Crippen molar-refractivity contribution < 1.29 is 4.79 Å². The number of nitrogens with zero attached hydrogens (tertiary/aromatic N) is 3. The summed E-state index contributed by atoms with van der Waals surface area (Å²) in [5, 5.41) is 3.60. The van der Waals surface area contributed by atoms with Crippen LogP contribution >= 0.6 is 0 Å². The van der Waals surface area contributed by atoms with E-state index in [0.717, 1.165) is 45.7 Å². The molecule has 3 aliphatic carbocycles. The van der Waals surface area contributed by atoms with Crippen LogP contribution in [-0.2, 0) is 4.79 Å². The van der Waals surface area contributed by atoms with E-state index in [1.807, 2.05) is 0 Å². The first-order valence-electron chi connectivity index (χ1n) is 14.1. The zero-order chi connectivity index (χ0) is 25.1. The van der Waals surface area contributed by atoms with Crippen molar-refractivity contribution in [1.82, 2.24) is 20.0 Å². The van der Waals surface area contributed by atoms with Gasteiger partial charge in [-0.05, 0) is 68.3 Å². The minimum atomic E-state index is 0.115. The van der Waals surface area contributed by atoms with Gasteiger partial charge in [0.15, 0.2) is 0 Å². The van der Waals surface area contributed by atoms with Crippen molar-refractivity contribution in [2.75, 3.05) is 52.9 Å². The molecule has 0 spiro atoms. The second-order valence-electron chi connectivity index (χ2n) is 11.4. The fourth-order valence-electron chi connectivity index (χ4n) is 7.53. The highest BCUT2D eigenvalue weighted by Gasteiger charge is 2.58. The summed E-state index contributed by atoms with van der Waals surface area (Å²) < 4.78 is 0. The van der Waals surface area contributed by atoms with Crippen molar-refractivity contribution in [1.29, 1.82) is 0 Å². The lowest BCUT2D eigenvalue weighted by Gasteiger charge is -2.63. The van der Waals surface area contributed by atoms with E-state index in [4.69, 9.17) is 0 Å². The van der Waals surface area contributed by atoms with Gasteiger partial charge in [0.05, 0.1) is 6.54 Å². The Labute approximate surface area is 217 Å². The molecule has 4 fully saturated rings. The molecule has 3 atom stereocenters. The fraction of sp³-hybridized carbons (Fsp3) is 0.581. The van der Waals surface area contributed by atoms with Crippen LogP contribution < -0.4 is 5.32 Å². The van der Waals surface area contributed by atoms with Crippen molar-refractivity contribution in [2.45, 2.75) is 56.5 Å². The third-order valence-corrected chi connectivity index (χ3v) is 9.43. The van der Waals surface area contributed by atoms with E-state index in [0.29, 0.717) is 24.3 Å². The first-order valence-corrected chi connectivity index (χ1v) is 14.1. The molecule has 1 saturated heterocycles. The van der Waals surface area contributed by atoms with Gasteiger partial charge in [0.1, 0.15) is 0 Å². The quantitative estimate of drug-likeness (QED) is 0.605. The van der Waals surface area contributed by atoms with Gasteiger partial charge in [0, 0.05) is 37.8 Å². The molecule has 5 nitrogen and oxygen atoms in total. The maximum atomic E-state index is 13.4. The highest BCUT2D eigenvalue weighted by Crippen LogP contribution is 2.59. The molecule has 194 valence electrons. The molecule has 5 heteroatoms. The summed E-state index contributed by atoms with van der Waals surface area (Å²) in [4.78, 5) is 20.8. The molecular formula is C31H44N4O. The molecule has 1 amide bonds. The Hall–Kier alpha value is -2.21. The smallest absolute Gasteiger partial charge is 0.234 e. The molecule has 1 N–H and O–H groups in total. The van der Waals surface area contributed by atoms with E-state index in [2.05, 4.69) is 102 Å². The van der Waals surface area contributed by atoms with Gasteiger partial charge in [-0.1, -0.05) is 74.5 Å². The molecule has 3 saturated carbocycles. The van der Waals surface area contributed by atoms with E-state index in [1.54, 1.807) is 0 Å². The average molecular weight is 489 g/mol. The number of amides is 1. The number of piperazine rings is 1. The molecule has 36 heavy (non-hydrogen) atoms. The second-order valence-corrected chi connectivity index (χ2v) is 11.4. The Morgan fingerprint density at radius 3 is 1.89 bits per heavy atom. The maximum absolute atomic E-state index is 13.4. The van der Waals surface area contributed by atoms with Gasteiger partial charge in [-0.25, -0.2) is 0 Å². The van der Waals surface area contributed by atoms with Crippen LogP contribution in [0.4, 0.5) is 0 Å². The Bertz CT molecular complexity index is 935. The molecule has 0 unspecified atom stereocenters. The topological polar surface area (TPSA) is 38.8 Å². The van der Waals surface area contributed by atoms with Gasteiger partial charge in [-0.3, -0.25) is 14.6 Å². The summed E-state index contributed by atoms with van der Waals surface area (Å²) in [6.07, 6.45) is 3.45. The Balaban J connectivity index is 1.53. The number of hydrogen-bond donors (Lipinski definition) is 1. The molecular weight excluding hydrogens is 444 g/mol. The lowest BCUT2D eigenvalue weighted by Crippen LogP contribution is -2.68. The van der Waals surface area contributed by atoms with Crippen LogP contribution in [0.2, 0.25) is 0 Å². The van der Waals surface area contributed by atoms with Gasteiger partial charge >= 0.3 is 0 Å². The second kappa shape index (κ2) is 11.0. The molecule has 1 aliphatic heterocycles. The highest BCUT2D eigenvalue weighted by molar-refractivity contribution is 5.78. The molecule has 4 aliphatic rings. The zero-order valence-electron chi connectivity index (χ0n) is 22.4. The van der Waals surface area contributed by atoms with Gasteiger partial charge in [-0.2, -0.15) is 0 Å². The summed E-state index contributed by atoms with van der Waals surface area (Å²) in [7, 11) is 2.24. The number of nitrogens with one attached hydrogen (secondary N) is 1. The largest absolute Gasteiger partial charge is 0.352 e. The molecule has 2 bridgehead atoms. The summed E-state index contributed by atoms with van der Waals surface area (Å²) in [6, 6.07) is 22.5. The lowest BCUT2D eigenvalue weighted by atomic mass is 9.51. The van der Waals surface area contributed by atoms with E-state index < -0.39 is 0 Å². The molecule has 2 aromatic carbocycles. The normalized spacial score (nSPS) is 31.0. The van der Waals surface area contributed by atoms with E-state index >= 15 is 0 Å². The predicted molar refractivity (Wildman–Crippen MR) is 147 cm³/mol. The number of benzene rings is 2. The molecule has 0 aromatic heterocycles. The minimum Gasteiger partial charge on any atom is -0.352 e. The molecule has 2 aromatic rings. The van der Waals surface area contributed by atoms with Gasteiger partial charge in [-0.15, -0.1) is 0 Å². The van der Waals surface area contributed by atoms with Crippen molar-refractivity contribution in [3.05, 3.63) is 71.8 Å². The molecule has 1 heterocycles. The van der Waals surface area contributed by atoms with Crippen molar-refractivity contribution in [3.63, 3.8) is 0 Å². The van der Waals surface area contributed by atoms with E-state index in [-0.39, 0.29) is 17.5 Å². The summed E-state index contributed by atoms with van der Waals surface area (Å²) >= 11 is 0.